The third kappa shape index (κ3) is 5.29. The monoisotopic (exact) mass is 413 g/mol. The first-order valence-electron chi connectivity index (χ1n) is 8.94. The number of nitrogens with one attached hydrogen (secondary N) is 2. The van der Waals surface area contributed by atoms with Crippen molar-refractivity contribution in [1.82, 2.24) is 25.1 Å². The van der Waals surface area contributed by atoms with E-state index in [0.717, 1.165) is 12.0 Å². The molecule has 0 spiro atoms. The van der Waals surface area contributed by atoms with Gasteiger partial charge in [-0.2, -0.15) is 5.10 Å². The van der Waals surface area contributed by atoms with Gasteiger partial charge in [-0.1, -0.05) is 18.5 Å². The van der Waals surface area contributed by atoms with Gasteiger partial charge in [-0.3, -0.25) is 14.3 Å². The van der Waals surface area contributed by atoms with E-state index in [-0.39, 0.29) is 17.4 Å². The van der Waals surface area contributed by atoms with Crippen molar-refractivity contribution in [2.24, 2.45) is 0 Å². The lowest BCUT2D eigenvalue weighted by Crippen LogP contribution is -2.24. The molecule has 0 atom stereocenters. The van der Waals surface area contributed by atoms with Gasteiger partial charge >= 0.3 is 0 Å². The zero-order valence-electron chi connectivity index (χ0n) is 15.7. The number of benzene rings is 1. The van der Waals surface area contributed by atoms with Gasteiger partial charge in [0.2, 0.25) is 0 Å². The Labute approximate surface area is 172 Å². The fourth-order valence-electron chi connectivity index (χ4n) is 2.63. The molecule has 10 heteroatoms. The Morgan fingerprint density at radius 2 is 1.97 bits per heavy atom. The maximum absolute atomic E-state index is 12.3. The summed E-state index contributed by atoms with van der Waals surface area (Å²) >= 11 is 6.16. The minimum atomic E-state index is -0.479. The molecule has 0 fully saturated rings. The third-order valence-corrected chi connectivity index (χ3v) is 4.15. The Balaban J connectivity index is 1.70. The summed E-state index contributed by atoms with van der Waals surface area (Å²) in [6.07, 6.45) is 6.81. The van der Waals surface area contributed by atoms with Crippen molar-refractivity contribution < 1.29 is 9.59 Å². The predicted octanol–water partition coefficient (Wildman–Crippen LogP) is 2.35. The minimum absolute atomic E-state index is 0.0397. The van der Waals surface area contributed by atoms with Gasteiger partial charge in [0.1, 0.15) is 0 Å². The summed E-state index contributed by atoms with van der Waals surface area (Å²) in [7, 11) is 0. The van der Waals surface area contributed by atoms with Crippen LogP contribution in [0.1, 0.15) is 39.8 Å². The molecule has 9 nitrogen and oxygen atoms in total. The molecule has 2 heterocycles. The maximum atomic E-state index is 12.3. The lowest BCUT2D eigenvalue weighted by molar-refractivity contribution is 0.0952. The number of anilines is 2. The molecule has 0 saturated carbocycles. The molecule has 0 aliphatic carbocycles. The number of nitrogens with two attached hydrogens (primary N) is 1. The van der Waals surface area contributed by atoms with E-state index in [1.54, 1.807) is 29.1 Å². The number of aromatic nitrogens is 4. The highest BCUT2D eigenvalue weighted by Gasteiger charge is 2.13. The molecule has 150 valence electrons. The summed E-state index contributed by atoms with van der Waals surface area (Å²) in [5.41, 5.74) is 7.47. The Hall–Kier alpha value is -3.46. The van der Waals surface area contributed by atoms with Crippen molar-refractivity contribution >= 4 is 34.9 Å². The molecule has 29 heavy (non-hydrogen) atoms. The van der Waals surface area contributed by atoms with Crippen LogP contribution < -0.4 is 16.4 Å². The molecule has 0 aliphatic heterocycles. The van der Waals surface area contributed by atoms with E-state index in [2.05, 4.69) is 25.7 Å². The van der Waals surface area contributed by atoms with E-state index in [4.69, 9.17) is 17.3 Å². The number of amides is 2. The highest BCUT2D eigenvalue weighted by Crippen LogP contribution is 2.17. The van der Waals surface area contributed by atoms with Crippen molar-refractivity contribution in [1.29, 1.82) is 0 Å². The van der Waals surface area contributed by atoms with E-state index < -0.39 is 5.91 Å². The van der Waals surface area contributed by atoms with Crippen LogP contribution in [0.25, 0.3) is 0 Å². The number of hydrogen-bond donors (Lipinski definition) is 3. The van der Waals surface area contributed by atoms with Crippen LogP contribution in [0.15, 0.2) is 43.0 Å². The van der Waals surface area contributed by atoms with Crippen molar-refractivity contribution in [3.05, 3.63) is 64.8 Å². The molecule has 0 aliphatic rings. The summed E-state index contributed by atoms with van der Waals surface area (Å²) in [5.74, 6) is -0.608. The number of rotatable bonds is 7. The van der Waals surface area contributed by atoms with Gasteiger partial charge < -0.3 is 16.4 Å². The van der Waals surface area contributed by atoms with Crippen LogP contribution in [0.3, 0.4) is 0 Å². The second kappa shape index (κ2) is 9.16. The van der Waals surface area contributed by atoms with Crippen LogP contribution in [0, 0.1) is 0 Å². The summed E-state index contributed by atoms with van der Waals surface area (Å²) in [6.45, 7) is 2.95. The quantitative estimate of drug-likeness (QED) is 0.545. The fourth-order valence-corrected chi connectivity index (χ4v) is 2.89. The Morgan fingerprint density at radius 1 is 1.17 bits per heavy atom. The Kier molecular flexibility index (Phi) is 6.40. The smallest absolute Gasteiger partial charge is 0.278 e. The molecule has 1 aromatic carbocycles. The number of nitrogen functional groups attached to an aromatic ring is 1. The van der Waals surface area contributed by atoms with Gasteiger partial charge in [-0.25, -0.2) is 9.97 Å². The van der Waals surface area contributed by atoms with Crippen molar-refractivity contribution in [3.63, 3.8) is 0 Å². The maximum Gasteiger partial charge on any atom is 0.278 e. The first kappa shape index (κ1) is 20.3. The molecule has 0 radical (unpaired) electrons. The predicted molar refractivity (Wildman–Crippen MR) is 110 cm³/mol. The van der Waals surface area contributed by atoms with Crippen LogP contribution in [0.2, 0.25) is 5.02 Å². The number of nitrogens with zero attached hydrogens (tertiary/aromatic N) is 4. The molecule has 3 aromatic rings. The van der Waals surface area contributed by atoms with Crippen LogP contribution in [-0.2, 0) is 6.54 Å². The first-order valence-corrected chi connectivity index (χ1v) is 9.32. The van der Waals surface area contributed by atoms with Gasteiger partial charge in [0, 0.05) is 35.7 Å². The van der Waals surface area contributed by atoms with Gasteiger partial charge in [-0.05, 0) is 30.2 Å². The summed E-state index contributed by atoms with van der Waals surface area (Å²) in [6, 6.07) is 5.14. The number of carbonyl (C=O) groups is 2. The topological polar surface area (TPSA) is 128 Å². The second-order valence-electron chi connectivity index (χ2n) is 6.27. The average molecular weight is 414 g/mol. The minimum Gasteiger partial charge on any atom is -0.382 e. The Bertz CT molecular complexity index is 1030. The zero-order valence-corrected chi connectivity index (χ0v) is 16.5. The van der Waals surface area contributed by atoms with Crippen molar-refractivity contribution in [2.45, 2.75) is 19.9 Å². The lowest BCUT2D eigenvalue weighted by atomic mass is 10.1. The summed E-state index contributed by atoms with van der Waals surface area (Å²) in [5, 5.41) is 10.2. The summed E-state index contributed by atoms with van der Waals surface area (Å²) < 4.78 is 1.62. The molecular formula is C19H20ClN7O2. The summed E-state index contributed by atoms with van der Waals surface area (Å²) in [4.78, 5) is 32.2. The van der Waals surface area contributed by atoms with E-state index in [1.807, 2.05) is 6.92 Å². The third-order valence-electron chi connectivity index (χ3n) is 3.93. The normalized spacial score (nSPS) is 10.6. The molecule has 0 saturated heterocycles. The number of halogens is 1. The van der Waals surface area contributed by atoms with E-state index >= 15 is 0 Å². The van der Waals surface area contributed by atoms with E-state index in [9.17, 15) is 9.59 Å². The van der Waals surface area contributed by atoms with Crippen LogP contribution in [-0.4, -0.2) is 38.1 Å². The molecule has 2 amide bonds. The fraction of sp³-hybridized carbons (Fsp3) is 0.211. The number of carbonyl (C=O) groups excluding carboxylic acids is 2. The second-order valence-corrected chi connectivity index (χ2v) is 6.71. The zero-order chi connectivity index (χ0) is 20.8. The van der Waals surface area contributed by atoms with Crippen LogP contribution in [0.4, 0.5) is 11.5 Å². The molecule has 0 unspecified atom stereocenters. The Morgan fingerprint density at radius 3 is 2.72 bits per heavy atom. The van der Waals surface area contributed by atoms with Crippen molar-refractivity contribution in [3.8, 4) is 0 Å². The molecule has 0 bridgehead atoms. The van der Waals surface area contributed by atoms with E-state index in [0.29, 0.717) is 29.4 Å². The van der Waals surface area contributed by atoms with Gasteiger partial charge in [0.05, 0.1) is 18.4 Å². The van der Waals surface area contributed by atoms with E-state index in [1.165, 1.54) is 18.6 Å². The van der Waals surface area contributed by atoms with Gasteiger partial charge in [0.15, 0.2) is 11.5 Å². The lowest BCUT2D eigenvalue weighted by Gasteiger charge is -2.08. The van der Waals surface area contributed by atoms with Crippen LogP contribution in [0.5, 0.6) is 0 Å². The highest BCUT2D eigenvalue weighted by molar-refractivity contribution is 6.31. The molecule has 4 N–H and O–H groups in total. The molecular weight excluding hydrogens is 394 g/mol. The standard InChI is InChI=1S/C19H20ClN7O2/c1-2-3-24-18(28)13-6-12(7-14(20)8-13)10-27-11-15(9-25-27)26-19(29)16-17(21)23-5-4-22-16/h4-9,11H,2-3,10H2,1H3,(H2,21,23)(H,24,28)(H,26,29). The molecule has 3 rings (SSSR count). The van der Waals surface area contributed by atoms with Gasteiger partial charge in [0.25, 0.3) is 11.8 Å². The van der Waals surface area contributed by atoms with Crippen LogP contribution >= 0.6 is 11.6 Å². The SMILES string of the molecule is CCCNC(=O)c1cc(Cl)cc(Cn2cc(NC(=O)c3nccnc3N)cn2)c1. The van der Waals surface area contributed by atoms with Crippen molar-refractivity contribution in [2.75, 3.05) is 17.6 Å². The van der Waals surface area contributed by atoms with Gasteiger partial charge in [-0.15, -0.1) is 0 Å². The largest absolute Gasteiger partial charge is 0.382 e. The first-order chi connectivity index (χ1) is 14.0. The number of hydrogen-bond acceptors (Lipinski definition) is 6. The average Bonchev–Trinajstić information content (AvgIpc) is 3.12. The molecule has 2 aromatic heterocycles. The highest BCUT2D eigenvalue weighted by atomic mass is 35.5.